The number of hydrogen-bond donors (Lipinski definition) is 2. The van der Waals surface area contributed by atoms with Crippen LogP contribution < -0.4 is 5.32 Å². The van der Waals surface area contributed by atoms with E-state index in [0.29, 0.717) is 11.6 Å². The Labute approximate surface area is 83.5 Å². The van der Waals surface area contributed by atoms with E-state index in [-0.39, 0.29) is 6.10 Å². The van der Waals surface area contributed by atoms with Gasteiger partial charge in [0.25, 0.3) is 0 Å². The molecule has 0 fully saturated rings. The van der Waals surface area contributed by atoms with Gasteiger partial charge < -0.3 is 10.4 Å². The average molecular weight is 200 g/mol. The van der Waals surface area contributed by atoms with Crippen molar-refractivity contribution in [3.8, 4) is 0 Å². The molecule has 1 aromatic rings. The molecule has 0 amide bonds. The lowest BCUT2D eigenvalue weighted by molar-refractivity contribution is 0.208. The highest BCUT2D eigenvalue weighted by molar-refractivity contribution is 6.33. The van der Waals surface area contributed by atoms with Crippen LogP contribution in [0.15, 0.2) is 18.2 Å². The summed E-state index contributed by atoms with van der Waals surface area (Å²) in [5, 5.41) is 12.8. The first-order valence-electron chi connectivity index (χ1n) is 4.27. The molecule has 0 saturated heterocycles. The third kappa shape index (κ3) is 3.25. The highest BCUT2D eigenvalue weighted by Gasteiger charge is 2.00. The summed E-state index contributed by atoms with van der Waals surface area (Å²) in [6.45, 7) is 4.25. The van der Waals surface area contributed by atoms with Gasteiger partial charge in [-0.3, -0.25) is 0 Å². The fourth-order valence-corrected chi connectivity index (χ4v) is 1.22. The van der Waals surface area contributed by atoms with Crippen molar-refractivity contribution in [2.45, 2.75) is 20.0 Å². The summed E-state index contributed by atoms with van der Waals surface area (Å²) in [5.41, 5.74) is 2.03. The van der Waals surface area contributed by atoms with Gasteiger partial charge in [-0.05, 0) is 31.5 Å². The number of rotatable bonds is 3. The van der Waals surface area contributed by atoms with E-state index in [1.807, 2.05) is 25.1 Å². The molecule has 1 aromatic carbocycles. The van der Waals surface area contributed by atoms with E-state index in [4.69, 9.17) is 16.7 Å². The van der Waals surface area contributed by atoms with Crippen LogP contribution in [0.1, 0.15) is 12.5 Å². The normalized spacial score (nSPS) is 12.6. The fraction of sp³-hybridized carbons (Fsp3) is 0.400. The Morgan fingerprint density at radius 2 is 2.23 bits per heavy atom. The van der Waals surface area contributed by atoms with Crippen LogP contribution in [-0.2, 0) is 0 Å². The van der Waals surface area contributed by atoms with E-state index in [1.54, 1.807) is 6.92 Å². The van der Waals surface area contributed by atoms with E-state index < -0.39 is 0 Å². The van der Waals surface area contributed by atoms with Gasteiger partial charge in [-0.25, -0.2) is 0 Å². The van der Waals surface area contributed by atoms with Gasteiger partial charge in [0.15, 0.2) is 0 Å². The number of hydrogen-bond acceptors (Lipinski definition) is 2. The fourth-order valence-electron chi connectivity index (χ4n) is 1.03. The summed E-state index contributed by atoms with van der Waals surface area (Å²) in [5.74, 6) is 0. The minimum Gasteiger partial charge on any atom is -0.392 e. The van der Waals surface area contributed by atoms with Crippen molar-refractivity contribution in [2.75, 3.05) is 11.9 Å². The molecule has 2 nitrogen and oxygen atoms in total. The van der Waals surface area contributed by atoms with Crippen molar-refractivity contribution in [1.82, 2.24) is 0 Å². The van der Waals surface area contributed by atoms with E-state index in [0.717, 1.165) is 11.3 Å². The maximum Gasteiger partial charge on any atom is 0.0684 e. The SMILES string of the molecule is Cc1ccc(Cl)c(NC[C@@H](C)O)c1. The molecule has 3 heteroatoms. The molecule has 0 aliphatic rings. The Hall–Kier alpha value is -0.730. The molecule has 0 aromatic heterocycles. The zero-order valence-electron chi connectivity index (χ0n) is 7.84. The second-order valence-corrected chi connectivity index (χ2v) is 3.62. The van der Waals surface area contributed by atoms with Gasteiger partial charge in [-0.1, -0.05) is 17.7 Å². The van der Waals surface area contributed by atoms with E-state index in [9.17, 15) is 0 Å². The number of aliphatic hydroxyl groups is 1. The largest absolute Gasteiger partial charge is 0.392 e. The third-order valence-corrected chi connectivity index (χ3v) is 2.04. The van der Waals surface area contributed by atoms with Gasteiger partial charge in [0, 0.05) is 6.54 Å². The van der Waals surface area contributed by atoms with Crippen molar-refractivity contribution in [2.24, 2.45) is 0 Å². The zero-order chi connectivity index (χ0) is 9.84. The predicted molar refractivity (Wildman–Crippen MR) is 56.4 cm³/mol. The lowest BCUT2D eigenvalue weighted by Gasteiger charge is -2.10. The summed E-state index contributed by atoms with van der Waals surface area (Å²) in [6, 6.07) is 5.77. The van der Waals surface area contributed by atoms with Gasteiger partial charge in [0.05, 0.1) is 16.8 Å². The van der Waals surface area contributed by atoms with Crippen molar-refractivity contribution in [3.05, 3.63) is 28.8 Å². The summed E-state index contributed by atoms with van der Waals surface area (Å²) >= 11 is 5.94. The maximum absolute atomic E-state index is 9.07. The number of aryl methyl sites for hydroxylation is 1. The number of anilines is 1. The van der Waals surface area contributed by atoms with Crippen molar-refractivity contribution in [1.29, 1.82) is 0 Å². The predicted octanol–water partition coefficient (Wildman–Crippen LogP) is 2.44. The van der Waals surface area contributed by atoms with E-state index in [1.165, 1.54) is 0 Å². The molecule has 0 aliphatic carbocycles. The topological polar surface area (TPSA) is 32.3 Å². The van der Waals surface area contributed by atoms with Crippen LogP contribution in [0.4, 0.5) is 5.69 Å². The molecule has 0 aliphatic heterocycles. The van der Waals surface area contributed by atoms with Crippen molar-refractivity contribution in [3.63, 3.8) is 0 Å². The Morgan fingerprint density at radius 3 is 2.85 bits per heavy atom. The monoisotopic (exact) mass is 199 g/mol. The van der Waals surface area contributed by atoms with E-state index in [2.05, 4.69) is 5.32 Å². The molecule has 1 rings (SSSR count). The maximum atomic E-state index is 9.07. The molecule has 72 valence electrons. The summed E-state index contributed by atoms with van der Waals surface area (Å²) in [7, 11) is 0. The van der Waals surface area contributed by atoms with Gasteiger partial charge >= 0.3 is 0 Å². The minimum absolute atomic E-state index is 0.364. The second kappa shape index (κ2) is 4.49. The van der Waals surface area contributed by atoms with Crippen LogP contribution in [0, 0.1) is 6.92 Å². The third-order valence-electron chi connectivity index (χ3n) is 1.71. The number of aliphatic hydroxyl groups excluding tert-OH is 1. The van der Waals surface area contributed by atoms with Crippen LogP contribution in [0.3, 0.4) is 0 Å². The van der Waals surface area contributed by atoms with Gasteiger partial charge in [-0.15, -0.1) is 0 Å². The molecule has 2 N–H and O–H groups in total. The molecular formula is C10H14ClNO. The van der Waals surface area contributed by atoms with Gasteiger partial charge in [0.2, 0.25) is 0 Å². The standard InChI is InChI=1S/C10H14ClNO/c1-7-3-4-9(11)10(5-7)12-6-8(2)13/h3-5,8,12-13H,6H2,1-2H3/t8-/m1/s1. The van der Waals surface area contributed by atoms with Crippen LogP contribution >= 0.6 is 11.6 Å². The van der Waals surface area contributed by atoms with Crippen LogP contribution in [0.25, 0.3) is 0 Å². The number of halogens is 1. The van der Waals surface area contributed by atoms with E-state index >= 15 is 0 Å². The van der Waals surface area contributed by atoms with Crippen LogP contribution in [-0.4, -0.2) is 17.8 Å². The number of benzene rings is 1. The molecular weight excluding hydrogens is 186 g/mol. The van der Waals surface area contributed by atoms with Crippen LogP contribution in [0.2, 0.25) is 5.02 Å². The Kier molecular flexibility index (Phi) is 3.58. The Balaban J connectivity index is 2.70. The molecule has 0 unspecified atom stereocenters. The van der Waals surface area contributed by atoms with Crippen molar-refractivity contribution >= 4 is 17.3 Å². The molecule has 13 heavy (non-hydrogen) atoms. The van der Waals surface area contributed by atoms with Crippen molar-refractivity contribution < 1.29 is 5.11 Å². The van der Waals surface area contributed by atoms with Gasteiger partial charge in [-0.2, -0.15) is 0 Å². The summed E-state index contributed by atoms with van der Waals surface area (Å²) < 4.78 is 0. The molecule has 0 saturated carbocycles. The minimum atomic E-state index is -0.364. The number of nitrogens with one attached hydrogen (secondary N) is 1. The van der Waals surface area contributed by atoms with Gasteiger partial charge in [0.1, 0.15) is 0 Å². The molecule has 1 atom stereocenters. The molecule has 0 heterocycles. The lowest BCUT2D eigenvalue weighted by Crippen LogP contribution is -2.15. The smallest absolute Gasteiger partial charge is 0.0684 e. The summed E-state index contributed by atoms with van der Waals surface area (Å²) in [4.78, 5) is 0. The first-order chi connectivity index (χ1) is 6.09. The molecule has 0 radical (unpaired) electrons. The summed E-state index contributed by atoms with van der Waals surface area (Å²) in [6.07, 6.45) is -0.364. The molecule has 0 spiro atoms. The Bertz CT molecular complexity index is 286. The second-order valence-electron chi connectivity index (χ2n) is 3.21. The molecule has 0 bridgehead atoms. The average Bonchev–Trinajstić information content (AvgIpc) is 2.06. The highest BCUT2D eigenvalue weighted by Crippen LogP contribution is 2.22. The zero-order valence-corrected chi connectivity index (χ0v) is 8.60. The first-order valence-corrected chi connectivity index (χ1v) is 4.65. The first kappa shape index (κ1) is 10.4. The van der Waals surface area contributed by atoms with Crippen LogP contribution in [0.5, 0.6) is 0 Å². The lowest BCUT2D eigenvalue weighted by atomic mass is 10.2. The highest BCUT2D eigenvalue weighted by atomic mass is 35.5. The Morgan fingerprint density at radius 1 is 1.54 bits per heavy atom. The quantitative estimate of drug-likeness (QED) is 0.784.